The predicted molar refractivity (Wildman–Crippen MR) is 124 cm³/mol. The lowest BCUT2D eigenvalue weighted by molar-refractivity contribution is -0.931. The van der Waals surface area contributed by atoms with Crippen LogP contribution in [0.1, 0.15) is 64.0 Å². The second-order valence-corrected chi connectivity index (χ2v) is 9.01. The molecule has 0 spiro atoms. The first-order chi connectivity index (χ1) is 13.9. The number of halogens is 1. The Labute approximate surface area is 194 Å². The molecular formula is C25H42BrN3O. The fraction of sp³-hybridized carbons (Fsp3) is 0.640. The number of nitrogen functional groups attached to an aromatic ring is 1. The molecule has 5 heteroatoms. The van der Waals surface area contributed by atoms with Gasteiger partial charge in [0.05, 0.1) is 32.7 Å². The molecule has 0 bridgehead atoms. The summed E-state index contributed by atoms with van der Waals surface area (Å²) in [7, 11) is 0. The van der Waals surface area contributed by atoms with Crippen LogP contribution in [0.2, 0.25) is 0 Å². The quantitative estimate of drug-likeness (QED) is 0.297. The van der Waals surface area contributed by atoms with E-state index in [9.17, 15) is 4.79 Å². The minimum atomic E-state index is 0. The van der Waals surface area contributed by atoms with Gasteiger partial charge in [-0.1, -0.05) is 32.1 Å². The summed E-state index contributed by atoms with van der Waals surface area (Å²) in [6.07, 6.45) is 9.91. The number of hydrogen-bond donors (Lipinski definition) is 1. The van der Waals surface area contributed by atoms with Crippen LogP contribution in [-0.4, -0.2) is 54.1 Å². The average Bonchev–Trinajstić information content (AvgIpc) is 2.72. The molecular weight excluding hydrogens is 438 g/mol. The predicted octanol–water partition coefficient (Wildman–Crippen LogP) is 1.58. The maximum absolute atomic E-state index is 12.3. The minimum Gasteiger partial charge on any atom is -1.00 e. The Bertz CT molecular complexity index is 668. The number of likely N-dealkylation sites (tertiary alicyclic amines) is 1. The van der Waals surface area contributed by atoms with Gasteiger partial charge in [-0.2, -0.15) is 0 Å². The van der Waals surface area contributed by atoms with Gasteiger partial charge in [0.1, 0.15) is 0 Å². The van der Waals surface area contributed by atoms with E-state index < -0.39 is 0 Å². The van der Waals surface area contributed by atoms with E-state index in [0.29, 0.717) is 0 Å². The van der Waals surface area contributed by atoms with E-state index in [-0.39, 0.29) is 28.9 Å². The van der Waals surface area contributed by atoms with Crippen LogP contribution in [0.25, 0.3) is 0 Å². The first-order valence-corrected chi connectivity index (χ1v) is 11.6. The molecule has 1 amide bonds. The first-order valence-electron chi connectivity index (χ1n) is 11.6. The molecule has 1 aromatic carbocycles. The highest BCUT2D eigenvalue weighted by Gasteiger charge is 2.31. The van der Waals surface area contributed by atoms with Crippen molar-refractivity contribution in [3.05, 3.63) is 42.0 Å². The number of nitrogens with two attached hydrogens (primary N) is 1. The normalized spacial score (nSPS) is 15.5. The lowest BCUT2D eigenvalue weighted by Crippen LogP contribution is -3.00. The second-order valence-electron chi connectivity index (χ2n) is 9.01. The van der Waals surface area contributed by atoms with Gasteiger partial charge in [0.15, 0.2) is 0 Å². The van der Waals surface area contributed by atoms with Crippen LogP contribution in [-0.2, 0) is 17.6 Å². The molecule has 0 aromatic heterocycles. The molecule has 1 aliphatic rings. The van der Waals surface area contributed by atoms with Crippen LogP contribution in [0.4, 0.5) is 5.69 Å². The largest absolute Gasteiger partial charge is 1.00 e. The standard InChI is InChI=1S/C25H42N3O.BrH/c1-5-7-11-23-20-22(12-13-24(23)26)14-18-28(16-9-8-10-17-28)19-15-27(21(3)4)25(29)6-2;/h6,12-13,20-21H,2,5,7-11,14-19,26H2,1,3-4H3;1H/q+1;/p-1. The van der Waals surface area contributed by atoms with E-state index in [1.165, 1.54) is 62.4 Å². The van der Waals surface area contributed by atoms with Gasteiger partial charge in [0.25, 0.3) is 0 Å². The van der Waals surface area contributed by atoms with Crippen molar-refractivity contribution < 1.29 is 26.3 Å². The number of amides is 1. The minimum absolute atomic E-state index is 0. The van der Waals surface area contributed by atoms with Crippen molar-refractivity contribution >= 4 is 11.6 Å². The molecule has 1 aliphatic heterocycles. The van der Waals surface area contributed by atoms with Crippen LogP contribution in [0.5, 0.6) is 0 Å². The molecule has 170 valence electrons. The van der Waals surface area contributed by atoms with Gasteiger partial charge in [0.2, 0.25) is 5.91 Å². The van der Waals surface area contributed by atoms with Crippen LogP contribution in [0.3, 0.4) is 0 Å². The highest BCUT2D eigenvalue weighted by Crippen LogP contribution is 2.22. The van der Waals surface area contributed by atoms with Gasteiger partial charge >= 0.3 is 0 Å². The molecule has 1 saturated heterocycles. The zero-order valence-electron chi connectivity index (χ0n) is 19.3. The van der Waals surface area contributed by atoms with Crippen molar-refractivity contribution in [1.29, 1.82) is 0 Å². The number of carbonyl (C=O) groups excluding carboxylic acids is 1. The summed E-state index contributed by atoms with van der Waals surface area (Å²) >= 11 is 0. The fourth-order valence-corrected chi connectivity index (χ4v) is 4.57. The van der Waals surface area contributed by atoms with E-state index in [1.807, 2.05) is 4.90 Å². The Morgan fingerprint density at radius 3 is 2.50 bits per heavy atom. The monoisotopic (exact) mass is 479 g/mol. The number of anilines is 1. The van der Waals surface area contributed by atoms with Gasteiger partial charge in [-0.15, -0.1) is 0 Å². The smallest absolute Gasteiger partial charge is 0.246 e. The third-order valence-corrected chi connectivity index (χ3v) is 6.54. The van der Waals surface area contributed by atoms with E-state index in [4.69, 9.17) is 5.73 Å². The van der Waals surface area contributed by atoms with E-state index in [1.54, 1.807) is 0 Å². The molecule has 30 heavy (non-hydrogen) atoms. The second kappa shape index (κ2) is 13.2. The summed E-state index contributed by atoms with van der Waals surface area (Å²) < 4.78 is 1.13. The average molecular weight is 481 g/mol. The molecule has 0 saturated carbocycles. The molecule has 4 nitrogen and oxygen atoms in total. The zero-order valence-corrected chi connectivity index (χ0v) is 20.9. The summed E-state index contributed by atoms with van der Waals surface area (Å²) in [5.74, 6) is 0.0502. The summed E-state index contributed by atoms with van der Waals surface area (Å²) in [5.41, 5.74) is 9.83. The van der Waals surface area contributed by atoms with Crippen molar-refractivity contribution in [3.63, 3.8) is 0 Å². The highest BCUT2D eigenvalue weighted by atomic mass is 79.9. The molecule has 0 aliphatic carbocycles. The van der Waals surface area contributed by atoms with Crippen LogP contribution >= 0.6 is 0 Å². The number of quaternary nitrogens is 1. The molecule has 1 fully saturated rings. The van der Waals surface area contributed by atoms with Crippen LogP contribution in [0, 0.1) is 0 Å². The van der Waals surface area contributed by atoms with Gasteiger partial charge in [-0.25, -0.2) is 0 Å². The number of hydrogen-bond acceptors (Lipinski definition) is 2. The summed E-state index contributed by atoms with van der Waals surface area (Å²) in [6.45, 7) is 15.5. The zero-order chi connectivity index (χ0) is 21.3. The number of aryl methyl sites for hydroxylation is 1. The number of nitrogens with zero attached hydrogens (tertiary/aromatic N) is 2. The summed E-state index contributed by atoms with van der Waals surface area (Å²) in [5, 5.41) is 0. The highest BCUT2D eigenvalue weighted by molar-refractivity contribution is 5.87. The molecule has 1 aromatic rings. The molecule has 2 rings (SSSR count). The Morgan fingerprint density at radius 1 is 1.20 bits per heavy atom. The van der Waals surface area contributed by atoms with Gasteiger partial charge < -0.3 is 32.1 Å². The fourth-order valence-electron chi connectivity index (χ4n) is 4.57. The molecule has 0 unspecified atom stereocenters. The van der Waals surface area contributed by atoms with Gasteiger partial charge in [-0.3, -0.25) is 4.79 Å². The van der Waals surface area contributed by atoms with E-state index in [2.05, 4.69) is 45.5 Å². The van der Waals surface area contributed by atoms with Crippen molar-refractivity contribution in [2.75, 3.05) is 38.5 Å². The van der Waals surface area contributed by atoms with Crippen LogP contribution < -0.4 is 22.7 Å². The number of benzene rings is 1. The molecule has 1 heterocycles. The van der Waals surface area contributed by atoms with Crippen molar-refractivity contribution in [3.8, 4) is 0 Å². The van der Waals surface area contributed by atoms with Crippen LogP contribution in [0.15, 0.2) is 30.9 Å². The summed E-state index contributed by atoms with van der Waals surface area (Å²) in [4.78, 5) is 14.2. The molecule has 2 N–H and O–H groups in total. The van der Waals surface area contributed by atoms with Gasteiger partial charge in [-0.05, 0) is 69.2 Å². The summed E-state index contributed by atoms with van der Waals surface area (Å²) in [6, 6.07) is 6.83. The third-order valence-electron chi connectivity index (χ3n) is 6.54. The van der Waals surface area contributed by atoms with Gasteiger partial charge in [0, 0.05) is 18.2 Å². The van der Waals surface area contributed by atoms with E-state index in [0.717, 1.165) is 42.6 Å². The van der Waals surface area contributed by atoms with E-state index >= 15 is 0 Å². The third kappa shape index (κ3) is 7.73. The Balaban J connectivity index is 0.00000450. The lowest BCUT2D eigenvalue weighted by Gasteiger charge is -2.43. The Hall–Kier alpha value is -1.33. The maximum atomic E-state index is 12.3. The lowest BCUT2D eigenvalue weighted by atomic mass is 10.00. The Morgan fingerprint density at radius 2 is 1.90 bits per heavy atom. The molecule has 0 radical (unpaired) electrons. The number of carbonyl (C=O) groups is 1. The number of piperidine rings is 1. The number of rotatable bonds is 11. The van der Waals surface area contributed by atoms with Crippen molar-refractivity contribution in [2.45, 2.75) is 71.8 Å². The van der Waals surface area contributed by atoms with Crippen molar-refractivity contribution in [2.24, 2.45) is 0 Å². The number of unbranched alkanes of at least 4 members (excludes halogenated alkanes) is 1. The maximum Gasteiger partial charge on any atom is 0.246 e. The van der Waals surface area contributed by atoms with Crippen molar-refractivity contribution in [1.82, 2.24) is 4.90 Å². The SMILES string of the molecule is C=CC(=O)N(CC[N+]1(CCc2ccc(N)c(CCCC)c2)CCCCC1)C(C)C.[Br-]. The Kier molecular flexibility index (Phi) is 11.7. The topological polar surface area (TPSA) is 46.3 Å². The molecule has 0 atom stereocenters. The first kappa shape index (κ1) is 26.7.